The molecule has 3 rings (SSSR count). The number of benzene rings is 2. The van der Waals surface area contributed by atoms with Gasteiger partial charge in [0.15, 0.2) is 5.11 Å². The van der Waals surface area contributed by atoms with Crippen molar-refractivity contribution in [1.29, 1.82) is 0 Å². The molecule has 1 amide bonds. The Morgan fingerprint density at radius 3 is 2.36 bits per heavy atom. The zero-order valence-corrected chi connectivity index (χ0v) is 17.3. The summed E-state index contributed by atoms with van der Waals surface area (Å²) >= 11 is 5.31. The van der Waals surface area contributed by atoms with Crippen LogP contribution >= 0.6 is 12.2 Å². The molecule has 0 fully saturated rings. The number of nitrogens with zero attached hydrogens (tertiary/aromatic N) is 1. The monoisotopic (exact) mass is 392 g/mol. The molecule has 0 saturated carbocycles. The first kappa shape index (κ1) is 19.6. The van der Waals surface area contributed by atoms with Crippen molar-refractivity contribution in [1.82, 2.24) is 15.4 Å². The van der Waals surface area contributed by atoms with E-state index in [0.29, 0.717) is 10.7 Å². The minimum Gasteiger partial charge on any atom is -0.331 e. The molecule has 0 atom stereocenters. The van der Waals surface area contributed by atoms with Crippen LogP contribution in [0.15, 0.2) is 54.6 Å². The van der Waals surface area contributed by atoms with Gasteiger partial charge in [-0.3, -0.25) is 15.6 Å². The van der Waals surface area contributed by atoms with Crippen molar-refractivity contribution in [3.8, 4) is 5.69 Å². The lowest BCUT2D eigenvalue weighted by molar-refractivity contribution is 0.0943. The number of hydrazine groups is 1. The number of rotatable bonds is 3. The third-order valence-electron chi connectivity index (χ3n) is 4.83. The largest absolute Gasteiger partial charge is 0.331 e. The lowest BCUT2D eigenvalue weighted by Gasteiger charge is -2.14. The fourth-order valence-corrected chi connectivity index (χ4v) is 3.35. The number of carbonyl (C=O) groups excluding carboxylic acids is 1. The van der Waals surface area contributed by atoms with Gasteiger partial charge in [0.25, 0.3) is 5.91 Å². The van der Waals surface area contributed by atoms with Crippen LogP contribution in [-0.2, 0) is 0 Å². The van der Waals surface area contributed by atoms with Crippen LogP contribution in [0.1, 0.15) is 32.9 Å². The highest BCUT2D eigenvalue weighted by Gasteiger charge is 2.16. The summed E-state index contributed by atoms with van der Waals surface area (Å²) in [6.07, 6.45) is 0. The van der Waals surface area contributed by atoms with Gasteiger partial charge in [-0.25, -0.2) is 0 Å². The van der Waals surface area contributed by atoms with E-state index in [-0.39, 0.29) is 5.91 Å². The molecule has 144 valence electrons. The molecule has 5 nitrogen and oxygen atoms in total. The number of hydrogen-bond donors (Lipinski definition) is 3. The summed E-state index contributed by atoms with van der Waals surface area (Å²) in [4.78, 5) is 12.7. The Morgan fingerprint density at radius 2 is 1.64 bits per heavy atom. The molecule has 0 aliphatic rings. The van der Waals surface area contributed by atoms with Gasteiger partial charge in [-0.05, 0) is 75.3 Å². The third-order valence-corrected chi connectivity index (χ3v) is 5.04. The molecular weight excluding hydrogens is 368 g/mol. The first-order valence-corrected chi connectivity index (χ1v) is 9.47. The van der Waals surface area contributed by atoms with E-state index in [1.165, 1.54) is 5.56 Å². The van der Waals surface area contributed by atoms with Crippen LogP contribution in [0.25, 0.3) is 5.69 Å². The van der Waals surface area contributed by atoms with Crippen LogP contribution in [0.4, 0.5) is 5.69 Å². The summed E-state index contributed by atoms with van der Waals surface area (Å²) in [5, 5.41) is 3.45. The van der Waals surface area contributed by atoms with Crippen LogP contribution < -0.4 is 16.2 Å². The van der Waals surface area contributed by atoms with Crippen molar-refractivity contribution in [3.63, 3.8) is 0 Å². The molecule has 3 aromatic rings. The molecule has 0 spiro atoms. The normalized spacial score (nSPS) is 10.4. The van der Waals surface area contributed by atoms with Crippen molar-refractivity contribution >= 4 is 28.9 Å². The highest BCUT2D eigenvalue weighted by molar-refractivity contribution is 7.80. The van der Waals surface area contributed by atoms with Crippen molar-refractivity contribution in [2.75, 3.05) is 5.32 Å². The second-order valence-corrected chi connectivity index (χ2v) is 7.14. The Morgan fingerprint density at radius 1 is 0.929 bits per heavy atom. The first-order chi connectivity index (χ1) is 13.4. The number of anilines is 1. The van der Waals surface area contributed by atoms with Crippen molar-refractivity contribution in [2.24, 2.45) is 0 Å². The quantitative estimate of drug-likeness (QED) is 0.458. The van der Waals surface area contributed by atoms with Gasteiger partial charge in [0.1, 0.15) is 0 Å². The second kappa shape index (κ2) is 8.27. The summed E-state index contributed by atoms with van der Waals surface area (Å²) in [6.45, 7) is 7.98. The number of amides is 1. The van der Waals surface area contributed by atoms with E-state index in [1.807, 2.05) is 82.3 Å². The smallest absolute Gasteiger partial charge is 0.271 e. The molecule has 6 heteroatoms. The van der Waals surface area contributed by atoms with Gasteiger partial charge in [-0.15, -0.1) is 0 Å². The minimum absolute atomic E-state index is 0.236. The topological polar surface area (TPSA) is 58.1 Å². The van der Waals surface area contributed by atoms with Crippen LogP contribution in [0.5, 0.6) is 0 Å². The Kier molecular flexibility index (Phi) is 5.80. The van der Waals surface area contributed by atoms with Gasteiger partial charge in [0.2, 0.25) is 0 Å². The lowest BCUT2D eigenvalue weighted by Crippen LogP contribution is -2.44. The number of aromatic nitrogens is 1. The summed E-state index contributed by atoms with van der Waals surface area (Å²) in [7, 11) is 0. The summed E-state index contributed by atoms with van der Waals surface area (Å²) in [5.41, 5.74) is 12.1. The highest BCUT2D eigenvalue weighted by Crippen LogP contribution is 2.20. The Labute approximate surface area is 170 Å². The van der Waals surface area contributed by atoms with E-state index in [1.54, 1.807) is 0 Å². The van der Waals surface area contributed by atoms with E-state index < -0.39 is 0 Å². The fraction of sp³-hybridized carbons (Fsp3) is 0.182. The molecule has 1 heterocycles. The molecule has 0 saturated heterocycles. The number of aryl methyl sites for hydroxylation is 2. The van der Waals surface area contributed by atoms with Gasteiger partial charge in [-0.2, -0.15) is 0 Å². The van der Waals surface area contributed by atoms with Crippen molar-refractivity contribution in [3.05, 3.63) is 82.7 Å². The summed E-state index contributed by atoms with van der Waals surface area (Å²) in [6, 6.07) is 17.8. The fourth-order valence-electron chi connectivity index (χ4n) is 3.19. The van der Waals surface area contributed by atoms with Gasteiger partial charge < -0.3 is 9.88 Å². The molecule has 1 aromatic heterocycles. The van der Waals surface area contributed by atoms with Gasteiger partial charge in [0, 0.05) is 22.8 Å². The Hall–Kier alpha value is -3.12. The highest BCUT2D eigenvalue weighted by atomic mass is 32.1. The van der Waals surface area contributed by atoms with Gasteiger partial charge in [0.05, 0.1) is 5.56 Å². The van der Waals surface area contributed by atoms with Gasteiger partial charge >= 0.3 is 0 Å². The number of hydrogen-bond acceptors (Lipinski definition) is 2. The van der Waals surface area contributed by atoms with E-state index in [0.717, 1.165) is 28.3 Å². The third kappa shape index (κ3) is 4.07. The van der Waals surface area contributed by atoms with Gasteiger partial charge in [-0.1, -0.05) is 30.3 Å². The predicted octanol–water partition coefficient (Wildman–Crippen LogP) is 4.34. The van der Waals surface area contributed by atoms with E-state index in [2.05, 4.69) is 20.7 Å². The second-order valence-electron chi connectivity index (χ2n) is 6.74. The predicted molar refractivity (Wildman–Crippen MR) is 118 cm³/mol. The van der Waals surface area contributed by atoms with Crippen LogP contribution in [0.3, 0.4) is 0 Å². The molecule has 0 unspecified atom stereocenters. The number of thiocarbonyl (C=S) groups is 1. The van der Waals surface area contributed by atoms with Crippen LogP contribution in [0, 0.1) is 27.7 Å². The molecule has 28 heavy (non-hydrogen) atoms. The minimum atomic E-state index is -0.236. The van der Waals surface area contributed by atoms with Crippen LogP contribution in [-0.4, -0.2) is 15.6 Å². The first-order valence-electron chi connectivity index (χ1n) is 9.06. The Balaban J connectivity index is 1.69. The standard InChI is InChI=1S/C22H24N4OS/c1-14-9-8-12-20(16(14)3)23-22(28)25-24-21(27)19-13-15(2)26(17(19)4)18-10-6-5-7-11-18/h5-13H,1-4H3,(H,24,27)(H2,23,25,28). The zero-order valence-electron chi connectivity index (χ0n) is 16.5. The number of nitrogens with one attached hydrogen (secondary N) is 3. The van der Waals surface area contributed by atoms with E-state index in [4.69, 9.17) is 12.2 Å². The zero-order chi connectivity index (χ0) is 20.3. The Bertz CT molecular complexity index is 1020. The lowest BCUT2D eigenvalue weighted by atomic mass is 10.1. The summed E-state index contributed by atoms with van der Waals surface area (Å²) < 4.78 is 2.06. The van der Waals surface area contributed by atoms with Crippen molar-refractivity contribution < 1.29 is 4.79 Å². The average Bonchev–Trinajstić information content (AvgIpc) is 2.98. The molecule has 0 aliphatic heterocycles. The molecule has 2 aromatic carbocycles. The average molecular weight is 393 g/mol. The maximum absolute atomic E-state index is 12.7. The SMILES string of the molecule is Cc1cccc(NC(=S)NNC(=O)c2cc(C)n(-c3ccccc3)c2C)c1C. The van der Waals surface area contributed by atoms with E-state index >= 15 is 0 Å². The molecule has 0 radical (unpaired) electrons. The number of para-hydroxylation sites is 1. The maximum Gasteiger partial charge on any atom is 0.271 e. The summed E-state index contributed by atoms with van der Waals surface area (Å²) in [5.74, 6) is -0.236. The maximum atomic E-state index is 12.7. The number of carbonyl (C=O) groups is 1. The van der Waals surface area contributed by atoms with Crippen molar-refractivity contribution in [2.45, 2.75) is 27.7 Å². The molecule has 0 aliphatic carbocycles. The molecular formula is C22H24N4OS. The molecule has 3 N–H and O–H groups in total. The van der Waals surface area contributed by atoms with Crippen LogP contribution in [0.2, 0.25) is 0 Å². The molecule has 0 bridgehead atoms. The van der Waals surface area contributed by atoms with E-state index in [9.17, 15) is 4.79 Å².